The molecule has 6 heteroatoms. The fourth-order valence-corrected chi connectivity index (χ4v) is 3.20. The standard InChI is InChI=1S/C14H17BrIN3O/c1-4-17-13(10-7-9(16)5-6-11(10)15)14-12(20-3)8-18-19(14)2/h5-8,13,17H,4H2,1-3H3. The van der Waals surface area contributed by atoms with Gasteiger partial charge < -0.3 is 10.1 Å². The lowest BCUT2D eigenvalue weighted by Crippen LogP contribution is -2.25. The largest absolute Gasteiger partial charge is 0.493 e. The van der Waals surface area contributed by atoms with E-state index in [-0.39, 0.29) is 6.04 Å². The van der Waals surface area contributed by atoms with Gasteiger partial charge >= 0.3 is 0 Å². The molecule has 0 amide bonds. The molecule has 1 N–H and O–H groups in total. The molecule has 0 spiro atoms. The smallest absolute Gasteiger partial charge is 0.161 e. The van der Waals surface area contributed by atoms with E-state index in [0.29, 0.717) is 0 Å². The van der Waals surface area contributed by atoms with E-state index < -0.39 is 0 Å². The second-order valence-corrected chi connectivity index (χ2v) is 6.48. The Morgan fingerprint density at radius 2 is 2.25 bits per heavy atom. The van der Waals surface area contributed by atoms with E-state index in [9.17, 15) is 0 Å². The third-order valence-electron chi connectivity index (χ3n) is 3.12. The molecule has 0 radical (unpaired) electrons. The van der Waals surface area contributed by atoms with Gasteiger partial charge in [-0.05, 0) is 52.9 Å². The SMILES string of the molecule is CCNC(c1cc(I)ccc1Br)c1c(OC)cnn1C. The van der Waals surface area contributed by atoms with Gasteiger partial charge in [0.25, 0.3) is 0 Å². The van der Waals surface area contributed by atoms with Crippen LogP contribution in [0.5, 0.6) is 5.75 Å². The Balaban J connectivity index is 2.56. The number of rotatable bonds is 5. The van der Waals surface area contributed by atoms with E-state index >= 15 is 0 Å². The normalized spacial score (nSPS) is 12.4. The molecular weight excluding hydrogens is 433 g/mol. The molecule has 1 aromatic heterocycles. The average molecular weight is 450 g/mol. The van der Waals surface area contributed by atoms with Crippen molar-refractivity contribution in [3.8, 4) is 5.75 Å². The summed E-state index contributed by atoms with van der Waals surface area (Å²) in [6, 6.07) is 6.36. The van der Waals surface area contributed by atoms with Crippen LogP contribution in [-0.4, -0.2) is 23.4 Å². The molecular formula is C14H17BrIN3O. The lowest BCUT2D eigenvalue weighted by Gasteiger charge is -2.21. The van der Waals surface area contributed by atoms with Gasteiger partial charge in [0.15, 0.2) is 5.75 Å². The number of hydrogen-bond acceptors (Lipinski definition) is 3. The summed E-state index contributed by atoms with van der Waals surface area (Å²) in [5, 5.41) is 7.81. The number of nitrogens with zero attached hydrogens (tertiary/aromatic N) is 2. The first-order chi connectivity index (χ1) is 9.58. The number of aryl methyl sites for hydroxylation is 1. The lowest BCUT2D eigenvalue weighted by molar-refractivity contribution is 0.401. The molecule has 0 saturated carbocycles. The topological polar surface area (TPSA) is 39.1 Å². The summed E-state index contributed by atoms with van der Waals surface area (Å²) < 4.78 is 9.58. The van der Waals surface area contributed by atoms with Gasteiger partial charge in [0.05, 0.1) is 19.3 Å². The zero-order chi connectivity index (χ0) is 14.7. The molecule has 1 aromatic carbocycles. The van der Waals surface area contributed by atoms with Gasteiger partial charge in [-0.1, -0.05) is 22.9 Å². The van der Waals surface area contributed by atoms with E-state index in [0.717, 1.165) is 22.5 Å². The Labute approximate surface area is 141 Å². The molecule has 20 heavy (non-hydrogen) atoms. The molecule has 0 aliphatic rings. The van der Waals surface area contributed by atoms with Crippen LogP contribution < -0.4 is 10.1 Å². The van der Waals surface area contributed by atoms with Crippen molar-refractivity contribution in [2.45, 2.75) is 13.0 Å². The van der Waals surface area contributed by atoms with E-state index in [4.69, 9.17) is 4.74 Å². The van der Waals surface area contributed by atoms with Crippen molar-refractivity contribution in [3.05, 3.63) is 43.7 Å². The van der Waals surface area contributed by atoms with Gasteiger partial charge in [0, 0.05) is 15.1 Å². The number of methoxy groups -OCH3 is 1. The fourth-order valence-electron chi connectivity index (χ4n) is 2.21. The van der Waals surface area contributed by atoms with Crippen LogP contribution in [-0.2, 0) is 7.05 Å². The zero-order valence-corrected chi connectivity index (χ0v) is 15.4. The summed E-state index contributed by atoms with van der Waals surface area (Å²) in [6.07, 6.45) is 1.75. The van der Waals surface area contributed by atoms with Gasteiger partial charge in [-0.2, -0.15) is 5.10 Å². The van der Waals surface area contributed by atoms with Crippen LogP contribution in [0, 0.1) is 3.57 Å². The highest BCUT2D eigenvalue weighted by Crippen LogP contribution is 2.34. The molecule has 1 atom stereocenters. The van der Waals surface area contributed by atoms with E-state index in [1.165, 1.54) is 9.13 Å². The van der Waals surface area contributed by atoms with Crippen LogP contribution in [0.25, 0.3) is 0 Å². The van der Waals surface area contributed by atoms with Gasteiger partial charge in [0.2, 0.25) is 0 Å². The maximum atomic E-state index is 5.44. The van der Waals surface area contributed by atoms with E-state index in [1.54, 1.807) is 13.3 Å². The molecule has 1 heterocycles. The summed E-state index contributed by atoms with van der Waals surface area (Å²) in [5.41, 5.74) is 2.21. The highest BCUT2D eigenvalue weighted by atomic mass is 127. The minimum absolute atomic E-state index is 0.0338. The van der Waals surface area contributed by atoms with Crippen molar-refractivity contribution in [1.82, 2.24) is 15.1 Å². The maximum absolute atomic E-state index is 5.44. The molecule has 4 nitrogen and oxygen atoms in total. The van der Waals surface area contributed by atoms with Crippen LogP contribution in [0.1, 0.15) is 24.2 Å². The Morgan fingerprint density at radius 1 is 1.50 bits per heavy atom. The highest BCUT2D eigenvalue weighted by molar-refractivity contribution is 14.1. The number of ether oxygens (including phenoxy) is 1. The Morgan fingerprint density at radius 3 is 2.90 bits per heavy atom. The number of nitrogens with one attached hydrogen (secondary N) is 1. The number of aromatic nitrogens is 2. The minimum atomic E-state index is 0.0338. The fraction of sp³-hybridized carbons (Fsp3) is 0.357. The molecule has 0 aliphatic carbocycles. The third kappa shape index (κ3) is 3.17. The van der Waals surface area contributed by atoms with Crippen LogP contribution in [0.3, 0.4) is 0 Å². The Bertz CT molecular complexity index is 600. The molecule has 1 unspecified atom stereocenters. The van der Waals surface area contributed by atoms with Crippen molar-refractivity contribution >= 4 is 38.5 Å². The Hall–Kier alpha value is -0.600. The zero-order valence-electron chi connectivity index (χ0n) is 11.7. The molecule has 108 valence electrons. The minimum Gasteiger partial charge on any atom is -0.493 e. The third-order valence-corrected chi connectivity index (χ3v) is 4.51. The maximum Gasteiger partial charge on any atom is 0.161 e. The van der Waals surface area contributed by atoms with Crippen molar-refractivity contribution in [1.29, 1.82) is 0 Å². The average Bonchev–Trinajstić information content (AvgIpc) is 2.80. The molecule has 0 fully saturated rings. The first-order valence-corrected chi connectivity index (χ1v) is 8.19. The molecule has 0 saturated heterocycles. The molecule has 2 rings (SSSR count). The lowest BCUT2D eigenvalue weighted by atomic mass is 10.0. The summed E-state index contributed by atoms with van der Waals surface area (Å²) in [4.78, 5) is 0. The van der Waals surface area contributed by atoms with Gasteiger partial charge in [-0.3, -0.25) is 4.68 Å². The summed E-state index contributed by atoms with van der Waals surface area (Å²) >= 11 is 5.97. The van der Waals surface area contributed by atoms with Crippen LogP contribution >= 0.6 is 38.5 Å². The first kappa shape index (κ1) is 15.8. The quantitative estimate of drug-likeness (QED) is 0.710. The van der Waals surface area contributed by atoms with Crippen LogP contribution in [0.15, 0.2) is 28.9 Å². The second kappa shape index (κ2) is 6.91. The number of halogens is 2. The predicted molar refractivity (Wildman–Crippen MR) is 92.1 cm³/mol. The Kier molecular flexibility index (Phi) is 5.45. The van der Waals surface area contributed by atoms with E-state index in [2.05, 4.69) is 74.1 Å². The van der Waals surface area contributed by atoms with Crippen LogP contribution in [0.2, 0.25) is 0 Å². The predicted octanol–water partition coefficient (Wildman–Crippen LogP) is 3.49. The van der Waals surface area contributed by atoms with Crippen molar-refractivity contribution in [2.24, 2.45) is 7.05 Å². The summed E-state index contributed by atoms with van der Waals surface area (Å²) in [5.74, 6) is 0.796. The number of benzene rings is 1. The molecule has 0 aliphatic heterocycles. The summed E-state index contributed by atoms with van der Waals surface area (Å²) in [6.45, 7) is 2.95. The second-order valence-electron chi connectivity index (χ2n) is 4.38. The first-order valence-electron chi connectivity index (χ1n) is 6.32. The number of hydrogen-bond donors (Lipinski definition) is 1. The van der Waals surface area contributed by atoms with Gasteiger partial charge in [-0.15, -0.1) is 0 Å². The van der Waals surface area contributed by atoms with E-state index in [1.807, 2.05) is 11.7 Å². The van der Waals surface area contributed by atoms with Gasteiger partial charge in [0.1, 0.15) is 5.69 Å². The van der Waals surface area contributed by atoms with Crippen LogP contribution in [0.4, 0.5) is 0 Å². The van der Waals surface area contributed by atoms with Crippen molar-refractivity contribution in [2.75, 3.05) is 13.7 Å². The summed E-state index contributed by atoms with van der Waals surface area (Å²) in [7, 11) is 3.61. The van der Waals surface area contributed by atoms with Gasteiger partial charge in [-0.25, -0.2) is 0 Å². The molecule has 2 aromatic rings. The van der Waals surface area contributed by atoms with Crippen molar-refractivity contribution in [3.63, 3.8) is 0 Å². The monoisotopic (exact) mass is 449 g/mol. The van der Waals surface area contributed by atoms with Crippen molar-refractivity contribution < 1.29 is 4.74 Å². The highest BCUT2D eigenvalue weighted by Gasteiger charge is 2.23. The molecule has 0 bridgehead atoms.